The monoisotopic (exact) mass is 219 g/mol. The molecule has 0 bridgehead atoms. The van der Waals surface area contributed by atoms with Gasteiger partial charge in [-0.2, -0.15) is 0 Å². The van der Waals surface area contributed by atoms with Crippen LogP contribution in [0.1, 0.15) is 38.7 Å². The summed E-state index contributed by atoms with van der Waals surface area (Å²) < 4.78 is 5.55. The van der Waals surface area contributed by atoms with Gasteiger partial charge in [0.25, 0.3) is 0 Å². The van der Waals surface area contributed by atoms with Gasteiger partial charge in [0.05, 0.1) is 6.61 Å². The molecule has 1 aliphatic rings. The van der Waals surface area contributed by atoms with Gasteiger partial charge in [-0.25, -0.2) is 0 Å². The Labute approximate surface area is 98.0 Å². The smallest absolute Gasteiger partial charge is 0.119 e. The van der Waals surface area contributed by atoms with Crippen LogP contribution in [0, 0.1) is 0 Å². The van der Waals surface area contributed by atoms with Crippen LogP contribution in [-0.4, -0.2) is 12.1 Å². The number of hydrogen-bond acceptors (Lipinski definition) is 2. The van der Waals surface area contributed by atoms with E-state index in [1.54, 1.807) is 0 Å². The van der Waals surface area contributed by atoms with Crippen molar-refractivity contribution in [2.75, 3.05) is 6.61 Å². The highest BCUT2D eigenvalue weighted by molar-refractivity contribution is 5.27. The van der Waals surface area contributed by atoms with Crippen molar-refractivity contribution in [3.63, 3.8) is 0 Å². The first-order chi connectivity index (χ1) is 7.72. The van der Waals surface area contributed by atoms with E-state index in [1.165, 1.54) is 18.4 Å². The lowest BCUT2D eigenvalue weighted by molar-refractivity contribution is 0.317. The number of ether oxygens (including phenoxy) is 1. The lowest BCUT2D eigenvalue weighted by Gasteiger charge is -2.11. The molecule has 1 aromatic carbocycles. The van der Waals surface area contributed by atoms with E-state index in [0.717, 1.165) is 25.3 Å². The third-order valence-corrected chi connectivity index (χ3v) is 3.12. The molecule has 1 aromatic rings. The Kier molecular flexibility index (Phi) is 3.49. The first kappa shape index (κ1) is 11.5. The molecule has 0 aromatic heterocycles. The van der Waals surface area contributed by atoms with Crippen molar-refractivity contribution in [3.8, 4) is 5.75 Å². The van der Waals surface area contributed by atoms with Gasteiger partial charge in [0.15, 0.2) is 0 Å². The summed E-state index contributed by atoms with van der Waals surface area (Å²) in [5.41, 5.74) is 1.74. The first-order valence-electron chi connectivity index (χ1n) is 6.19. The summed E-state index contributed by atoms with van der Waals surface area (Å²) in [6.07, 6.45) is 3.68. The Hall–Kier alpha value is -1.02. The molecule has 1 aliphatic carbocycles. The number of rotatable bonds is 6. The molecule has 1 saturated carbocycles. The average Bonchev–Trinajstić information content (AvgIpc) is 3.04. The average molecular weight is 219 g/mol. The summed E-state index contributed by atoms with van der Waals surface area (Å²) in [6, 6.07) is 8.40. The van der Waals surface area contributed by atoms with Crippen LogP contribution in [0.3, 0.4) is 0 Å². The predicted molar refractivity (Wildman–Crippen MR) is 66.7 cm³/mol. The Bertz CT molecular complexity index is 327. The van der Waals surface area contributed by atoms with Crippen molar-refractivity contribution in [1.82, 2.24) is 5.32 Å². The van der Waals surface area contributed by atoms with E-state index >= 15 is 0 Å². The molecule has 88 valence electrons. The highest BCUT2D eigenvalue weighted by Gasteiger charge is 2.36. The maximum absolute atomic E-state index is 5.55. The van der Waals surface area contributed by atoms with Crippen LogP contribution < -0.4 is 10.1 Å². The van der Waals surface area contributed by atoms with Gasteiger partial charge in [0, 0.05) is 12.1 Å². The van der Waals surface area contributed by atoms with E-state index in [9.17, 15) is 0 Å². The molecule has 0 atom stereocenters. The molecule has 0 heterocycles. The molecule has 0 unspecified atom stereocenters. The van der Waals surface area contributed by atoms with Gasteiger partial charge >= 0.3 is 0 Å². The summed E-state index contributed by atoms with van der Waals surface area (Å²) in [6.45, 7) is 6.17. The van der Waals surface area contributed by atoms with Crippen LogP contribution in [0.25, 0.3) is 0 Å². The van der Waals surface area contributed by atoms with Crippen molar-refractivity contribution < 1.29 is 4.74 Å². The van der Waals surface area contributed by atoms with Gasteiger partial charge < -0.3 is 10.1 Å². The minimum absolute atomic E-state index is 0.414. The molecule has 2 heteroatoms. The summed E-state index contributed by atoms with van der Waals surface area (Å²) in [4.78, 5) is 0. The molecular weight excluding hydrogens is 198 g/mol. The molecule has 0 aliphatic heterocycles. The van der Waals surface area contributed by atoms with E-state index in [1.807, 2.05) is 0 Å². The van der Waals surface area contributed by atoms with Gasteiger partial charge in [0.2, 0.25) is 0 Å². The molecule has 2 rings (SSSR count). The number of nitrogens with one attached hydrogen (secondary N) is 1. The molecule has 0 radical (unpaired) electrons. The number of benzene rings is 1. The van der Waals surface area contributed by atoms with Crippen molar-refractivity contribution >= 4 is 0 Å². The van der Waals surface area contributed by atoms with Crippen LogP contribution in [0.2, 0.25) is 0 Å². The van der Waals surface area contributed by atoms with Crippen LogP contribution in [0.5, 0.6) is 5.75 Å². The van der Waals surface area contributed by atoms with E-state index in [0.29, 0.717) is 5.54 Å². The second kappa shape index (κ2) is 4.88. The summed E-state index contributed by atoms with van der Waals surface area (Å²) in [5.74, 6) is 0.975. The Morgan fingerprint density at radius 1 is 1.25 bits per heavy atom. The fraction of sp³-hybridized carbons (Fsp3) is 0.571. The highest BCUT2D eigenvalue weighted by atomic mass is 16.5. The second-order valence-corrected chi connectivity index (χ2v) is 4.91. The fourth-order valence-corrected chi connectivity index (χ4v) is 1.60. The zero-order valence-electron chi connectivity index (χ0n) is 10.3. The zero-order valence-corrected chi connectivity index (χ0v) is 10.3. The molecule has 0 saturated heterocycles. The van der Waals surface area contributed by atoms with E-state index in [4.69, 9.17) is 4.74 Å². The quantitative estimate of drug-likeness (QED) is 0.793. The second-order valence-electron chi connectivity index (χ2n) is 4.91. The molecule has 2 nitrogen and oxygen atoms in total. The minimum Gasteiger partial charge on any atom is -0.494 e. The van der Waals surface area contributed by atoms with Gasteiger partial charge in [-0.1, -0.05) is 19.1 Å². The summed E-state index contributed by atoms with van der Waals surface area (Å²) in [5, 5.41) is 3.57. The molecule has 16 heavy (non-hydrogen) atoms. The predicted octanol–water partition coefficient (Wildman–Crippen LogP) is 3.12. The van der Waals surface area contributed by atoms with Crippen LogP contribution >= 0.6 is 0 Å². The van der Waals surface area contributed by atoms with E-state index < -0.39 is 0 Å². The Balaban J connectivity index is 1.81. The molecule has 1 N–H and O–H groups in total. The lowest BCUT2D eigenvalue weighted by atomic mass is 10.2. The van der Waals surface area contributed by atoms with E-state index in [-0.39, 0.29) is 0 Å². The maximum atomic E-state index is 5.55. The highest BCUT2D eigenvalue weighted by Crippen LogP contribution is 2.34. The first-order valence-corrected chi connectivity index (χ1v) is 6.19. The van der Waals surface area contributed by atoms with Crippen molar-refractivity contribution in [2.45, 2.75) is 45.2 Å². The number of hydrogen-bond donors (Lipinski definition) is 1. The third kappa shape index (κ3) is 3.24. The van der Waals surface area contributed by atoms with Gasteiger partial charge in [-0.3, -0.25) is 0 Å². The van der Waals surface area contributed by atoms with Crippen molar-refractivity contribution in [1.29, 1.82) is 0 Å². The van der Waals surface area contributed by atoms with Crippen LogP contribution in [0.4, 0.5) is 0 Å². The normalized spacial score (nSPS) is 17.1. The lowest BCUT2D eigenvalue weighted by Crippen LogP contribution is -2.26. The largest absolute Gasteiger partial charge is 0.494 e. The minimum atomic E-state index is 0.414. The maximum Gasteiger partial charge on any atom is 0.119 e. The van der Waals surface area contributed by atoms with Gasteiger partial charge in [0.1, 0.15) is 5.75 Å². The zero-order chi connectivity index (χ0) is 11.4. The van der Waals surface area contributed by atoms with Crippen LogP contribution in [0.15, 0.2) is 24.3 Å². The summed E-state index contributed by atoms with van der Waals surface area (Å²) in [7, 11) is 0. The molecule has 0 amide bonds. The van der Waals surface area contributed by atoms with E-state index in [2.05, 4.69) is 43.4 Å². The SMILES string of the molecule is CCCOc1ccc(CNC2(C)CC2)cc1. The molecule has 0 spiro atoms. The Morgan fingerprint density at radius 2 is 1.94 bits per heavy atom. The third-order valence-electron chi connectivity index (χ3n) is 3.12. The van der Waals surface area contributed by atoms with Gasteiger partial charge in [-0.15, -0.1) is 0 Å². The standard InChI is InChI=1S/C14H21NO/c1-3-10-16-13-6-4-12(5-7-13)11-15-14(2)8-9-14/h4-7,15H,3,8-11H2,1-2H3. The van der Waals surface area contributed by atoms with Gasteiger partial charge in [-0.05, 0) is 43.9 Å². The van der Waals surface area contributed by atoms with Crippen LogP contribution in [-0.2, 0) is 6.54 Å². The van der Waals surface area contributed by atoms with Crippen molar-refractivity contribution in [3.05, 3.63) is 29.8 Å². The fourth-order valence-electron chi connectivity index (χ4n) is 1.60. The molecule has 1 fully saturated rings. The Morgan fingerprint density at radius 3 is 2.50 bits per heavy atom. The summed E-state index contributed by atoms with van der Waals surface area (Å²) >= 11 is 0. The topological polar surface area (TPSA) is 21.3 Å². The van der Waals surface area contributed by atoms with Crippen molar-refractivity contribution in [2.24, 2.45) is 0 Å². The molecular formula is C14H21NO.